The second-order valence-corrected chi connectivity index (χ2v) is 6.51. The van der Waals surface area contributed by atoms with Crippen molar-refractivity contribution in [3.05, 3.63) is 52.0 Å². The number of nitrogens with one attached hydrogen (secondary N) is 1. The number of non-ortho nitro benzene ring substituents is 1. The van der Waals surface area contributed by atoms with Crippen molar-refractivity contribution in [3.8, 4) is 11.3 Å². The Morgan fingerprint density at radius 2 is 2.11 bits per heavy atom. The first-order valence-electron chi connectivity index (χ1n) is 8.20. The summed E-state index contributed by atoms with van der Waals surface area (Å²) in [6.07, 6.45) is 1.12. The highest BCUT2D eigenvalue weighted by molar-refractivity contribution is 7.80. The van der Waals surface area contributed by atoms with Gasteiger partial charge in [0.1, 0.15) is 22.9 Å². The number of benzene rings is 1. The third-order valence-electron chi connectivity index (χ3n) is 4.01. The normalized spacial score (nSPS) is 11.7. The van der Waals surface area contributed by atoms with Crippen molar-refractivity contribution in [2.75, 3.05) is 0 Å². The molecule has 0 aliphatic heterocycles. The highest BCUT2D eigenvalue weighted by Crippen LogP contribution is 2.38. The Hall–Kier alpha value is -3.20. The first-order valence-corrected chi connectivity index (χ1v) is 8.61. The molecular weight excluding hydrogens is 368 g/mol. The minimum atomic E-state index is -0.429. The van der Waals surface area contributed by atoms with Crippen LogP contribution in [-0.4, -0.2) is 15.7 Å². The van der Waals surface area contributed by atoms with Crippen LogP contribution in [0.25, 0.3) is 22.3 Å². The summed E-state index contributed by atoms with van der Waals surface area (Å²) in [6, 6.07) is 8.20. The van der Waals surface area contributed by atoms with Crippen molar-refractivity contribution in [2.45, 2.75) is 26.7 Å². The van der Waals surface area contributed by atoms with E-state index in [0.29, 0.717) is 35.3 Å². The lowest BCUT2D eigenvalue weighted by Crippen LogP contribution is -2.25. The molecule has 0 amide bonds. The average Bonchev–Trinajstić information content (AvgIpc) is 3.20. The number of rotatable bonds is 6. The van der Waals surface area contributed by atoms with Crippen molar-refractivity contribution < 1.29 is 13.8 Å². The van der Waals surface area contributed by atoms with Gasteiger partial charge in [-0.15, -0.1) is 0 Å². The van der Waals surface area contributed by atoms with Crippen LogP contribution in [0, 0.1) is 17.0 Å². The summed E-state index contributed by atoms with van der Waals surface area (Å²) in [5.74, 6) is 2.02. The van der Waals surface area contributed by atoms with Gasteiger partial charge in [-0.25, -0.2) is 0 Å². The van der Waals surface area contributed by atoms with Crippen LogP contribution in [0.3, 0.4) is 0 Å². The zero-order valence-electron chi connectivity index (χ0n) is 14.8. The molecule has 0 aliphatic rings. The minimum absolute atomic E-state index is 0.00206. The van der Waals surface area contributed by atoms with Gasteiger partial charge >= 0.3 is 0 Å². The molecule has 0 aliphatic carbocycles. The lowest BCUT2D eigenvalue weighted by Gasteiger charge is -2.02. The second kappa shape index (κ2) is 7.58. The number of nitro benzene ring substituents is 1. The van der Waals surface area contributed by atoms with E-state index in [0.717, 1.165) is 17.0 Å². The maximum Gasteiger partial charge on any atom is 0.270 e. The maximum absolute atomic E-state index is 11.2. The van der Waals surface area contributed by atoms with Crippen molar-refractivity contribution in [2.24, 2.45) is 10.8 Å². The van der Waals surface area contributed by atoms with Crippen molar-refractivity contribution in [1.82, 2.24) is 5.43 Å². The molecule has 8 nitrogen and oxygen atoms in total. The molecule has 0 radical (unpaired) electrons. The van der Waals surface area contributed by atoms with Crippen molar-refractivity contribution in [1.29, 1.82) is 0 Å². The fraction of sp³-hybridized carbons (Fsp3) is 0.222. The van der Waals surface area contributed by atoms with Crippen molar-refractivity contribution in [3.63, 3.8) is 0 Å². The maximum atomic E-state index is 11.2. The van der Waals surface area contributed by atoms with Gasteiger partial charge < -0.3 is 14.6 Å². The van der Waals surface area contributed by atoms with Crippen LogP contribution in [0.4, 0.5) is 5.69 Å². The molecular formula is C18H18N4O4S. The Bertz CT molecular complexity index is 1050. The predicted octanol–water partition coefficient (Wildman–Crippen LogP) is 4.05. The van der Waals surface area contributed by atoms with E-state index in [1.807, 2.05) is 26.0 Å². The molecule has 2 aromatic heterocycles. The van der Waals surface area contributed by atoms with Gasteiger partial charge in [-0.05, 0) is 50.7 Å². The minimum Gasteiger partial charge on any atom is -0.461 e. The molecule has 0 unspecified atom stereocenters. The molecule has 1 aromatic carbocycles. The van der Waals surface area contributed by atoms with E-state index in [2.05, 4.69) is 10.5 Å². The molecule has 9 heteroatoms. The van der Waals surface area contributed by atoms with E-state index in [1.165, 1.54) is 12.1 Å². The molecule has 0 atom stereocenters. The SMILES string of the molecule is C/C(CCc1oc2ccc([N+](=O)[O-])cc2c1-c1ccc(C)o1)=N\NC(N)=S. The third kappa shape index (κ3) is 4.14. The summed E-state index contributed by atoms with van der Waals surface area (Å²) in [5, 5.41) is 16.0. The second-order valence-electron chi connectivity index (χ2n) is 6.07. The molecule has 3 rings (SSSR count). The van der Waals surface area contributed by atoms with E-state index in [4.69, 9.17) is 26.8 Å². The number of nitro groups is 1. The van der Waals surface area contributed by atoms with Gasteiger partial charge in [0, 0.05) is 29.7 Å². The van der Waals surface area contributed by atoms with E-state index < -0.39 is 4.92 Å². The molecule has 2 heterocycles. The van der Waals surface area contributed by atoms with Crippen LogP contribution in [0.1, 0.15) is 24.9 Å². The lowest BCUT2D eigenvalue weighted by atomic mass is 10.0. The van der Waals surface area contributed by atoms with Gasteiger partial charge in [0.05, 0.1) is 10.5 Å². The number of hydrogen-bond acceptors (Lipinski definition) is 6. The molecule has 0 saturated heterocycles. The number of nitrogens with two attached hydrogens (primary N) is 1. The standard InChI is InChI=1S/C18H18N4O4S/c1-10(20-21-18(19)27)3-6-16-17(15-7-4-11(2)25-15)13-9-12(22(23)24)5-8-14(13)26-16/h4-5,7-9H,3,6H2,1-2H3,(H3,19,21,27)/b20-10+. The Morgan fingerprint density at radius 3 is 2.74 bits per heavy atom. The van der Waals surface area contributed by atoms with Gasteiger partial charge in [0.15, 0.2) is 5.11 Å². The fourth-order valence-corrected chi connectivity index (χ4v) is 2.81. The third-order valence-corrected chi connectivity index (χ3v) is 4.10. The zero-order chi connectivity index (χ0) is 19.6. The number of fused-ring (bicyclic) bond motifs is 1. The predicted molar refractivity (Wildman–Crippen MR) is 107 cm³/mol. The molecule has 3 aromatic rings. The first kappa shape index (κ1) is 18.6. The summed E-state index contributed by atoms with van der Waals surface area (Å²) in [7, 11) is 0. The van der Waals surface area contributed by atoms with Gasteiger partial charge in [-0.1, -0.05) is 0 Å². The Kier molecular flexibility index (Phi) is 5.22. The summed E-state index contributed by atoms with van der Waals surface area (Å²) >= 11 is 4.73. The smallest absolute Gasteiger partial charge is 0.270 e. The quantitative estimate of drug-likeness (QED) is 0.284. The first-order chi connectivity index (χ1) is 12.8. The molecule has 27 heavy (non-hydrogen) atoms. The Morgan fingerprint density at radius 1 is 1.33 bits per heavy atom. The number of furan rings is 2. The number of hydrazone groups is 1. The molecule has 3 N–H and O–H groups in total. The van der Waals surface area contributed by atoms with Gasteiger partial charge in [0.25, 0.3) is 5.69 Å². The van der Waals surface area contributed by atoms with Crippen molar-refractivity contribution >= 4 is 39.7 Å². The summed E-state index contributed by atoms with van der Waals surface area (Å²) in [4.78, 5) is 10.7. The van der Waals surface area contributed by atoms with Gasteiger partial charge in [-0.2, -0.15) is 5.10 Å². The van der Waals surface area contributed by atoms with E-state index >= 15 is 0 Å². The van der Waals surface area contributed by atoms with E-state index in [-0.39, 0.29) is 10.8 Å². The van der Waals surface area contributed by atoms with Crippen LogP contribution in [-0.2, 0) is 6.42 Å². The largest absolute Gasteiger partial charge is 0.461 e. The summed E-state index contributed by atoms with van der Waals surface area (Å²) in [6.45, 7) is 3.68. The van der Waals surface area contributed by atoms with Crippen LogP contribution < -0.4 is 11.2 Å². The number of thiocarbonyl (C=S) groups is 1. The highest BCUT2D eigenvalue weighted by atomic mass is 32.1. The van der Waals surface area contributed by atoms with E-state index in [1.54, 1.807) is 6.07 Å². The summed E-state index contributed by atoms with van der Waals surface area (Å²) in [5.41, 5.74) is 9.99. The van der Waals surface area contributed by atoms with Crippen LogP contribution >= 0.6 is 12.2 Å². The highest BCUT2D eigenvalue weighted by Gasteiger charge is 2.21. The van der Waals surface area contributed by atoms with Crippen LogP contribution in [0.2, 0.25) is 0 Å². The molecule has 0 bridgehead atoms. The van der Waals surface area contributed by atoms with Crippen LogP contribution in [0.5, 0.6) is 0 Å². The lowest BCUT2D eigenvalue weighted by molar-refractivity contribution is -0.384. The molecule has 0 fully saturated rings. The Labute approximate surface area is 160 Å². The molecule has 0 saturated carbocycles. The topological polar surface area (TPSA) is 120 Å². The van der Waals surface area contributed by atoms with Crippen LogP contribution in [0.15, 0.2) is 44.3 Å². The fourth-order valence-electron chi connectivity index (χ4n) is 2.77. The average molecular weight is 386 g/mol. The number of nitrogens with zero attached hydrogens (tertiary/aromatic N) is 2. The number of aryl methyl sites for hydroxylation is 2. The zero-order valence-corrected chi connectivity index (χ0v) is 15.6. The number of hydrogen-bond donors (Lipinski definition) is 2. The molecule has 0 spiro atoms. The van der Waals surface area contributed by atoms with Gasteiger partial charge in [0.2, 0.25) is 0 Å². The monoisotopic (exact) mass is 386 g/mol. The molecule has 140 valence electrons. The van der Waals surface area contributed by atoms with Gasteiger partial charge in [-0.3, -0.25) is 15.5 Å². The summed E-state index contributed by atoms with van der Waals surface area (Å²) < 4.78 is 11.7. The van der Waals surface area contributed by atoms with E-state index in [9.17, 15) is 10.1 Å². The Balaban J connectivity index is 2.02.